The van der Waals surface area contributed by atoms with Gasteiger partial charge in [-0.2, -0.15) is 0 Å². The monoisotopic (exact) mass is 249 g/mol. The van der Waals surface area contributed by atoms with Crippen molar-refractivity contribution in [3.63, 3.8) is 0 Å². The summed E-state index contributed by atoms with van der Waals surface area (Å²) in [6.07, 6.45) is 0.745. The number of aliphatic carboxylic acids is 1. The third kappa shape index (κ3) is 2.88. The molecule has 0 saturated heterocycles. The highest BCUT2D eigenvalue weighted by atomic mass is 16.4. The number of likely N-dealkylation sites (N-methyl/N-ethyl adjacent to an activating group) is 1. The predicted octanol–water partition coefficient (Wildman–Crippen LogP) is 2.24. The van der Waals surface area contributed by atoms with Crippen LogP contribution in [-0.2, 0) is 16.0 Å². The van der Waals surface area contributed by atoms with Gasteiger partial charge >= 0.3 is 5.97 Å². The first-order valence-electron chi connectivity index (χ1n) is 6.10. The number of hydrogen-bond acceptors (Lipinski definition) is 2. The average molecular weight is 249 g/mol. The fourth-order valence-electron chi connectivity index (χ4n) is 2.14. The van der Waals surface area contributed by atoms with Crippen LogP contribution in [0.5, 0.6) is 0 Å². The number of hydrogen-bond donors (Lipinski definition) is 1. The molecule has 4 heteroatoms. The van der Waals surface area contributed by atoms with Gasteiger partial charge in [-0.25, -0.2) is 4.79 Å². The number of amides is 1. The van der Waals surface area contributed by atoms with Crippen molar-refractivity contribution in [2.24, 2.45) is 0 Å². The van der Waals surface area contributed by atoms with Crippen LogP contribution in [0, 0.1) is 0 Å². The zero-order valence-electron chi connectivity index (χ0n) is 11.0. The van der Waals surface area contributed by atoms with Gasteiger partial charge in [-0.3, -0.25) is 4.79 Å². The normalized spacial score (nSPS) is 11.9. The maximum Gasteiger partial charge on any atom is 0.331 e. The molecule has 18 heavy (non-hydrogen) atoms. The van der Waals surface area contributed by atoms with E-state index in [1.165, 1.54) is 11.8 Å². The Kier molecular flexibility index (Phi) is 4.89. The number of carbonyl (C=O) groups excluding carboxylic acids is 1. The second-order valence-electron chi connectivity index (χ2n) is 4.10. The first-order valence-corrected chi connectivity index (χ1v) is 6.10. The van der Waals surface area contributed by atoms with Crippen LogP contribution in [0.15, 0.2) is 24.3 Å². The Morgan fingerprint density at radius 3 is 2.33 bits per heavy atom. The highest BCUT2D eigenvalue weighted by molar-refractivity contribution is 5.83. The van der Waals surface area contributed by atoms with Gasteiger partial charge in [-0.05, 0) is 24.5 Å². The summed E-state index contributed by atoms with van der Waals surface area (Å²) in [5.74, 6) is -1.22. The van der Waals surface area contributed by atoms with Crippen molar-refractivity contribution < 1.29 is 14.7 Å². The fourth-order valence-corrected chi connectivity index (χ4v) is 2.14. The number of carbonyl (C=O) groups is 2. The van der Waals surface area contributed by atoms with Crippen LogP contribution in [0.2, 0.25) is 0 Å². The topological polar surface area (TPSA) is 57.6 Å². The molecule has 0 bridgehead atoms. The Hall–Kier alpha value is -1.84. The van der Waals surface area contributed by atoms with Crippen LogP contribution in [0.25, 0.3) is 0 Å². The van der Waals surface area contributed by atoms with Crippen molar-refractivity contribution in [2.45, 2.75) is 33.2 Å². The number of nitrogens with zero attached hydrogens (tertiary/aromatic N) is 1. The average Bonchev–Trinajstić information content (AvgIpc) is 2.34. The fraction of sp³-hybridized carbons (Fsp3) is 0.429. The van der Waals surface area contributed by atoms with Gasteiger partial charge in [0.05, 0.1) is 0 Å². The van der Waals surface area contributed by atoms with Gasteiger partial charge in [0.2, 0.25) is 5.91 Å². The van der Waals surface area contributed by atoms with Gasteiger partial charge in [0.25, 0.3) is 0 Å². The smallest absolute Gasteiger partial charge is 0.331 e. The SMILES string of the molecule is CCc1ccccc1C(C(=O)O)N(CC)C(C)=O. The standard InChI is InChI=1S/C14H19NO3/c1-4-11-8-6-7-9-12(11)13(14(17)18)15(5-2)10(3)16/h6-9,13H,4-5H2,1-3H3,(H,17,18). The summed E-state index contributed by atoms with van der Waals surface area (Å²) in [6, 6.07) is 6.47. The van der Waals surface area contributed by atoms with Crippen molar-refractivity contribution in [3.05, 3.63) is 35.4 Å². The van der Waals surface area contributed by atoms with Gasteiger partial charge in [-0.1, -0.05) is 31.2 Å². The van der Waals surface area contributed by atoms with Crippen molar-refractivity contribution in [1.29, 1.82) is 0 Å². The third-order valence-electron chi connectivity index (χ3n) is 3.02. The first-order chi connectivity index (χ1) is 8.52. The second kappa shape index (κ2) is 6.19. The van der Waals surface area contributed by atoms with Gasteiger partial charge < -0.3 is 10.0 Å². The van der Waals surface area contributed by atoms with E-state index in [1.807, 2.05) is 19.1 Å². The van der Waals surface area contributed by atoms with E-state index in [2.05, 4.69) is 0 Å². The molecule has 0 spiro atoms. The molecule has 0 radical (unpaired) electrons. The van der Waals surface area contributed by atoms with Gasteiger partial charge in [0, 0.05) is 13.5 Å². The van der Waals surface area contributed by atoms with Crippen LogP contribution in [0.4, 0.5) is 0 Å². The predicted molar refractivity (Wildman–Crippen MR) is 69.3 cm³/mol. The van der Waals surface area contributed by atoms with Crippen molar-refractivity contribution in [3.8, 4) is 0 Å². The zero-order chi connectivity index (χ0) is 13.7. The Balaban J connectivity index is 3.27. The molecule has 1 aromatic carbocycles. The molecule has 0 aromatic heterocycles. The van der Waals surface area contributed by atoms with Crippen LogP contribution in [-0.4, -0.2) is 28.4 Å². The number of carboxylic acid groups (broad SMARTS) is 1. The van der Waals surface area contributed by atoms with Gasteiger partial charge in [0.1, 0.15) is 0 Å². The number of benzene rings is 1. The van der Waals surface area contributed by atoms with E-state index < -0.39 is 12.0 Å². The van der Waals surface area contributed by atoms with Gasteiger partial charge in [-0.15, -0.1) is 0 Å². The maximum atomic E-state index is 11.6. The summed E-state index contributed by atoms with van der Waals surface area (Å²) in [7, 11) is 0. The molecule has 1 aromatic rings. The number of aryl methyl sites for hydroxylation is 1. The van der Waals surface area contributed by atoms with E-state index >= 15 is 0 Å². The molecule has 0 heterocycles. The molecule has 1 amide bonds. The molecule has 4 nitrogen and oxygen atoms in total. The van der Waals surface area contributed by atoms with Crippen LogP contribution < -0.4 is 0 Å². The Morgan fingerprint density at radius 2 is 1.89 bits per heavy atom. The first kappa shape index (κ1) is 14.2. The van der Waals surface area contributed by atoms with E-state index in [4.69, 9.17) is 0 Å². The molecule has 98 valence electrons. The van der Waals surface area contributed by atoms with E-state index in [0.717, 1.165) is 12.0 Å². The van der Waals surface area contributed by atoms with Crippen LogP contribution in [0.1, 0.15) is 37.9 Å². The summed E-state index contributed by atoms with van der Waals surface area (Å²) >= 11 is 0. The molecule has 0 aliphatic heterocycles. The minimum Gasteiger partial charge on any atom is -0.479 e. The lowest BCUT2D eigenvalue weighted by Crippen LogP contribution is -2.37. The second-order valence-corrected chi connectivity index (χ2v) is 4.10. The van der Waals surface area contributed by atoms with Crippen molar-refractivity contribution >= 4 is 11.9 Å². The zero-order valence-corrected chi connectivity index (χ0v) is 11.0. The summed E-state index contributed by atoms with van der Waals surface area (Å²) in [5.41, 5.74) is 1.66. The van der Waals surface area contributed by atoms with Crippen molar-refractivity contribution in [2.75, 3.05) is 6.54 Å². The largest absolute Gasteiger partial charge is 0.479 e. The molecule has 0 aliphatic carbocycles. The lowest BCUT2D eigenvalue weighted by molar-refractivity contribution is -0.149. The minimum atomic E-state index is -0.993. The summed E-state index contributed by atoms with van der Waals surface area (Å²) < 4.78 is 0. The highest BCUT2D eigenvalue weighted by Crippen LogP contribution is 2.25. The quantitative estimate of drug-likeness (QED) is 0.870. The molecule has 1 rings (SSSR count). The molecular formula is C14H19NO3. The number of rotatable bonds is 5. The minimum absolute atomic E-state index is 0.226. The van der Waals surface area contributed by atoms with E-state index in [-0.39, 0.29) is 5.91 Å². The van der Waals surface area contributed by atoms with E-state index in [0.29, 0.717) is 12.1 Å². The van der Waals surface area contributed by atoms with E-state index in [9.17, 15) is 14.7 Å². The molecule has 1 atom stereocenters. The van der Waals surface area contributed by atoms with Crippen molar-refractivity contribution in [1.82, 2.24) is 4.90 Å². The molecule has 0 aliphatic rings. The van der Waals surface area contributed by atoms with Crippen LogP contribution in [0.3, 0.4) is 0 Å². The molecule has 1 N–H and O–H groups in total. The molecule has 1 unspecified atom stereocenters. The summed E-state index contributed by atoms with van der Waals surface area (Å²) in [4.78, 5) is 24.4. The van der Waals surface area contributed by atoms with Crippen LogP contribution >= 0.6 is 0 Å². The summed E-state index contributed by atoms with van der Waals surface area (Å²) in [6.45, 7) is 5.53. The number of carboxylic acids is 1. The molecular weight excluding hydrogens is 230 g/mol. The lowest BCUT2D eigenvalue weighted by Gasteiger charge is -2.28. The molecule has 0 fully saturated rings. The summed E-state index contributed by atoms with van der Waals surface area (Å²) in [5, 5.41) is 9.40. The van der Waals surface area contributed by atoms with Gasteiger partial charge in [0.15, 0.2) is 6.04 Å². The Bertz CT molecular complexity index is 442. The highest BCUT2D eigenvalue weighted by Gasteiger charge is 2.29. The Morgan fingerprint density at radius 1 is 1.28 bits per heavy atom. The van der Waals surface area contributed by atoms with E-state index in [1.54, 1.807) is 19.1 Å². The maximum absolute atomic E-state index is 11.6. The lowest BCUT2D eigenvalue weighted by atomic mass is 9.97. The third-order valence-corrected chi connectivity index (χ3v) is 3.02. The Labute approximate surface area is 107 Å². The molecule has 0 saturated carbocycles.